The SMILES string of the molecule is O=C(CCl)Nc1ccc(N2CCCC2)cc1. The largest absolute Gasteiger partial charge is 0.372 e. The highest BCUT2D eigenvalue weighted by molar-refractivity contribution is 6.29. The maximum absolute atomic E-state index is 11.1. The van der Waals surface area contributed by atoms with Crippen LogP contribution in [0.3, 0.4) is 0 Å². The first-order valence-corrected chi connectivity index (χ1v) is 6.04. The Morgan fingerprint density at radius 3 is 2.44 bits per heavy atom. The van der Waals surface area contributed by atoms with Gasteiger partial charge in [-0.05, 0) is 37.1 Å². The summed E-state index contributed by atoms with van der Waals surface area (Å²) in [5, 5.41) is 2.72. The Bertz CT molecular complexity index is 358. The predicted octanol–water partition coefficient (Wildman–Crippen LogP) is 2.46. The van der Waals surface area contributed by atoms with Crippen LogP contribution in [0.5, 0.6) is 0 Å². The minimum Gasteiger partial charge on any atom is -0.372 e. The minimum atomic E-state index is -0.171. The van der Waals surface area contributed by atoms with Gasteiger partial charge in [-0.3, -0.25) is 4.79 Å². The summed E-state index contributed by atoms with van der Waals surface area (Å²) in [6.45, 7) is 2.26. The van der Waals surface area contributed by atoms with Gasteiger partial charge in [-0.1, -0.05) is 0 Å². The summed E-state index contributed by atoms with van der Waals surface area (Å²) in [6.07, 6.45) is 2.54. The van der Waals surface area contributed by atoms with Crippen LogP contribution in [0.25, 0.3) is 0 Å². The topological polar surface area (TPSA) is 32.3 Å². The first-order chi connectivity index (χ1) is 7.79. The molecule has 2 rings (SSSR count). The van der Waals surface area contributed by atoms with E-state index in [1.54, 1.807) is 0 Å². The van der Waals surface area contributed by atoms with Gasteiger partial charge in [-0.2, -0.15) is 0 Å². The molecule has 0 spiro atoms. The summed E-state index contributed by atoms with van der Waals surface area (Å²) in [5.41, 5.74) is 2.02. The van der Waals surface area contributed by atoms with Gasteiger partial charge in [0.25, 0.3) is 0 Å². The summed E-state index contributed by atoms with van der Waals surface area (Å²) in [5.74, 6) is -0.177. The number of rotatable bonds is 3. The molecule has 0 aromatic heterocycles. The van der Waals surface area contributed by atoms with E-state index in [4.69, 9.17) is 11.6 Å². The first-order valence-electron chi connectivity index (χ1n) is 5.50. The molecule has 1 heterocycles. The van der Waals surface area contributed by atoms with Crippen molar-refractivity contribution in [2.75, 3.05) is 29.2 Å². The highest BCUT2D eigenvalue weighted by Gasteiger charge is 2.11. The van der Waals surface area contributed by atoms with E-state index in [0.717, 1.165) is 18.8 Å². The molecule has 1 aliphatic heterocycles. The van der Waals surface area contributed by atoms with Crippen molar-refractivity contribution in [1.29, 1.82) is 0 Å². The molecule has 1 aromatic rings. The molecule has 4 heteroatoms. The molecule has 0 bridgehead atoms. The highest BCUT2D eigenvalue weighted by atomic mass is 35.5. The highest BCUT2D eigenvalue weighted by Crippen LogP contribution is 2.21. The quantitative estimate of drug-likeness (QED) is 0.821. The Morgan fingerprint density at radius 1 is 1.25 bits per heavy atom. The van der Waals surface area contributed by atoms with Crippen molar-refractivity contribution in [3.63, 3.8) is 0 Å². The van der Waals surface area contributed by atoms with Gasteiger partial charge in [0.15, 0.2) is 0 Å². The normalized spacial score (nSPS) is 15.2. The molecule has 0 aliphatic carbocycles. The Labute approximate surface area is 100 Å². The summed E-state index contributed by atoms with van der Waals surface area (Å²) < 4.78 is 0. The number of carbonyl (C=O) groups excluding carboxylic acids is 1. The molecule has 1 fully saturated rings. The van der Waals surface area contributed by atoms with Crippen LogP contribution in [0.2, 0.25) is 0 Å². The number of halogens is 1. The molecule has 0 atom stereocenters. The molecule has 1 N–H and O–H groups in total. The zero-order chi connectivity index (χ0) is 11.4. The monoisotopic (exact) mass is 238 g/mol. The van der Waals surface area contributed by atoms with Gasteiger partial charge < -0.3 is 10.2 Å². The lowest BCUT2D eigenvalue weighted by molar-refractivity contribution is -0.113. The Balaban J connectivity index is 2.01. The standard InChI is InChI=1S/C12H15ClN2O/c13-9-12(16)14-10-3-5-11(6-4-10)15-7-1-2-8-15/h3-6H,1-2,7-9H2,(H,14,16). The minimum absolute atomic E-state index is 0.00607. The third kappa shape index (κ3) is 2.67. The van der Waals surface area contributed by atoms with Crippen LogP contribution < -0.4 is 10.2 Å². The molecule has 3 nitrogen and oxygen atoms in total. The van der Waals surface area contributed by atoms with E-state index in [1.165, 1.54) is 18.5 Å². The van der Waals surface area contributed by atoms with Gasteiger partial charge in [-0.15, -0.1) is 11.6 Å². The van der Waals surface area contributed by atoms with Crippen LogP contribution in [0.1, 0.15) is 12.8 Å². The number of carbonyl (C=O) groups is 1. The summed E-state index contributed by atoms with van der Waals surface area (Å²) in [4.78, 5) is 13.4. The van der Waals surface area contributed by atoms with Gasteiger partial charge in [0.1, 0.15) is 5.88 Å². The van der Waals surface area contributed by atoms with E-state index in [1.807, 2.05) is 24.3 Å². The van der Waals surface area contributed by atoms with E-state index >= 15 is 0 Å². The van der Waals surface area contributed by atoms with Crippen LogP contribution in [-0.2, 0) is 4.79 Å². The fourth-order valence-corrected chi connectivity index (χ4v) is 1.99. The summed E-state index contributed by atoms with van der Waals surface area (Å²) in [6, 6.07) is 7.90. The van der Waals surface area contributed by atoms with Crippen molar-refractivity contribution in [3.8, 4) is 0 Å². The van der Waals surface area contributed by atoms with Crippen LogP contribution in [0.15, 0.2) is 24.3 Å². The van der Waals surface area contributed by atoms with E-state index < -0.39 is 0 Å². The fourth-order valence-electron chi connectivity index (χ4n) is 1.93. The molecule has 0 unspecified atom stereocenters. The third-order valence-electron chi connectivity index (χ3n) is 2.74. The number of hydrogen-bond donors (Lipinski definition) is 1. The maximum Gasteiger partial charge on any atom is 0.239 e. The number of benzene rings is 1. The van der Waals surface area contributed by atoms with E-state index in [-0.39, 0.29) is 11.8 Å². The van der Waals surface area contributed by atoms with E-state index in [9.17, 15) is 4.79 Å². The van der Waals surface area contributed by atoms with Gasteiger partial charge in [-0.25, -0.2) is 0 Å². The number of nitrogens with one attached hydrogen (secondary N) is 1. The third-order valence-corrected chi connectivity index (χ3v) is 2.99. The number of nitrogens with zero attached hydrogens (tertiary/aromatic N) is 1. The summed E-state index contributed by atoms with van der Waals surface area (Å²) in [7, 11) is 0. The molecule has 16 heavy (non-hydrogen) atoms. The molecular formula is C12H15ClN2O. The zero-order valence-corrected chi connectivity index (χ0v) is 9.83. The van der Waals surface area contributed by atoms with Crippen molar-refractivity contribution in [2.24, 2.45) is 0 Å². The smallest absolute Gasteiger partial charge is 0.239 e. The molecule has 1 saturated heterocycles. The molecule has 1 amide bonds. The molecular weight excluding hydrogens is 224 g/mol. The van der Waals surface area contributed by atoms with Crippen molar-refractivity contribution < 1.29 is 4.79 Å². The fraction of sp³-hybridized carbons (Fsp3) is 0.417. The number of amides is 1. The summed E-state index contributed by atoms with van der Waals surface area (Å²) >= 11 is 5.42. The second-order valence-electron chi connectivity index (χ2n) is 3.92. The van der Waals surface area contributed by atoms with Gasteiger partial charge >= 0.3 is 0 Å². The number of hydrogen-bond acceptors (Lipinski definition) is 2. The van der Waals surface area contributed by atoms with Crippen LogP contribution in [0.4, 0.5) is 11.4 Å². The number of alkyl halides is 1. The predicted molar refractivity (Wildman–Crippen MR) is 67.2 cm³/mol. The van der Waals surface area contributed by atoms with Crippen LogP contribution in [-0.4, -0.2) is 24.9 Å². The molecule has 1 aliphatic rings. The van der Waals surface area contributed by atoms with Gasteiger partial charge in [0.2, 0.25) is 5.91 Å². The van der Waals surface area contributed by atoms with Gasteiger partial charge in [0.05, 0.1) is 0 Å². The lowest BCUT2D eigenvalue weighted by Crippen LogP contribution is -2.17. The Hall–Kier alpha value is -1.22. The van der Waals surface area contributed by atoms with Crippen LogP contribution in [0, 0.1) is 0 Å². The van der Waals surface area contributed by atoms with Crippen molar-refractivity contribution >= 4 is 28.9 Å². The Kier molecular flexibility index (Phi) is 3.67. The van der Waals surface area contributed by atoms with Gasteiger partial charge in [0, 0.05) is 24.5 Å². The molecule has 1 aromatic carbocycles. The van der Waals surface area contributed by atoms with Crippen LogP contribution >= 0.6 is 11.6 Å². The molecule has 0 saturated carbocycles. The average Bonchev–Trinajstić information content (AvgIpc) is 2.83. The zero-order valence-electron chi connectivity index (χ0n) is 9.08. The maximum atomic E-state index is 11.1. The lowest BCUT2D eigenvalue weighted by atomic mass is 10.2. The van der Waals surface area contributed by atoms with E-state index in [2.05, 4.69) is 10.2 Å². The first kappa shape index (κ1) is 11.3. The van der Waals surface area contributed by atoms with Crippen molar-refractivity contribution in [1.82, 2.24) is 0 Å². The molecule has 86 valence electrons. The van der Waals surface area contributed by atoms with E-state index in [0.29, 0.717) is 0 Å². The second kappa shape index (κ2) is 5.21. The second-order valence-corrected chi connectivity index (χ2v) is 4.19. The lowest BCUT2D eigenvalue weighted by Gasteiger charge is -2.17. The Morgan fingerprint density at radius 2 is 1.88 bits per heavy atom. The number of anilines is 2. The molecule has 0 radical (unpaired) electrons. The van der Waals surface area contributed by atoms with Crippen molar-refractivity contribution in [3.05, 3.63) is 24.3 Å². The van der Waals surface area contributed by atoms with Crippen molar-refractivity contribution in [2.45, 2.75) is 12.8 Å². The average molecular weight is 239 g/mol.